The van der Waals surface area contributed by atoms with Gasteiger partial charge in [0.05, 0.1) is 6.10 Å². The standard InChI is InChI=1S/C17H24N4O2/c1-12(23)17(10-11-22,20-15-6-2-13(18)3-7-15)21-16-8-4-14(19)5-9-16/h2-9,12,20-23H,10-11,18-19H2,1H3. The van der Waals surface area contributed by atoms with Crippen LogP contribution in [0.25, 0.3) is 0 Å². The molecule has 0 bridgehead atoms. The van der Waals surface area contributed by atoms with E-state index < -0.39 is 11.8 Å². The van der Waals surface area contributed by atoms with Gasteiger partial charge in [0.1, 0.15) is 5.66 Å². The zero-order valence-electron chi connectivity index (χ0n) is 13.2. The van der Waals surface area contributed by atoms with Crippen molar-refractivity contribution in [3.8, 4) is 0 Å². The fourth-order valence-corrected chi connectivity index (χ4v) is 2.40. The molecule has 2 aromatic rings. The van der Waals surface area contributed by atoms with Gasteiger partial charge in [-0.2, -0.15) is 0 Å². The van der Waals surface area contributed by atoms with Crippen molar-refractivity contribution in [3.05, 3.63) is 48.5 Å². The van der Waals surface area contributed by atoms with Crippen LogP contribution >= 0.6 is 0 Å². The summed E-state index contributed by atoms with van der Waals surface area (Å²) in [6, 6.07) is 14.4. The number of nitrogen functional groups attached to an aromatic ring is 2. The van der Waals surface area contributed by atoms with Crippen molar-refractivity contribution in [1.29, 1.82) is 0 Å². The van der Waals surface area contributed by atoms with Gasteiger partial charge in [0.25, 0.3) is 0 Å². The van der Waals surface area contributed by atoms with E-state index in [0.29, 0.717) is 17.8 Å². The summed E-state index contributed by atoms with van der Waals surface area (Å²) >= 11 is 0. The third-order valence-corrected chi connectivity index (χ3v) is 3.78. The first-order valence-corrected chi connectivity index (χ1v) is 7.51. The second kappa shape index (κ2) is 7.21. The Morgan fingerprint density at radius 1 is 0.913 bits per heavy atom. The lowest BCUT2D eigenvalue weighted by Crippen LogP contribution is -2.55. The molecule has 6 heteroatoms. The van der Waals surface area contributed by atoms with Crippen LogP contribution < -0.4 is 22.1 Å². The van der Waals surface area contributed by atoms with E-state index >= 15 is 0 Å². The Bertz CT molecular complexity index is 564. The first kappa shape index (κ1) is 16.9. The van der Waals surface area contributed by atoms with Gasteiger partial charge in [-0.15, -0.1) is 0 Å². The molecule has 8 N–H and O–H groups in total. The van der Waals surface area contributed by atoms with E-state index in [-0.39, 0.29) is 6.61 Å². The van der Waals surface area contributed by atoms with Crippen molar-refractivity contribution < 1.29 is 10.2 Å². The van der Waals surface area contributed by atoms with Crippen molar-refractivity contribution in [2.45, 2.75) is 25.1 Å². The van der Waals surface area contributed by atoms with E-state index in [4.69, 9.17) is 11.5 Å². The molecular weight excluding hydrogens is 292 g/mol. The maximum absolute atomic E-state index is 10.3. The minimum absolute atomic E-state index is 0.0884. The van der Waals surface area contributed by atoms with Crippen molar-refractivity contribution in [2.75, 3.05) is 28.7 Å². The number of hydrogen-bond acceptors (Lipinski definition) is 6. The lowest BCUT2D eigenvalue weighted by Gasteiger charge is -2.39. The highest BCUT2D eigenvalue weighted by molar-refractivity contribution is 5.57. The Kier molecular flexibility index (Phi) is 5.31. The highest BCUT2D eigenvalue weighted by atomic mass is 16.3. The number of hydrogen-bond donors (Lipinski definition) is 6. The van der Waals surface area contributed by atoms with Crippen LogP contribution in [0.1, 0.15) is 13.3 Å². The molecule has 0 aromatic heterocycles. The van der Waals surface area contributed by atoms with Crippen LogP contribution in [0.5, 0.6) is 0 Å². The average Bonchev–Trinajstić information content (AvgIpc) is 2.52. The lowest BCUT2D eigenvalue weighted by atomic mass is 9.98. The summed E-state index contributed by atoms with van der Waals surface area (Å²) in [4.78, 5) is 0. The average molecular weight is 316 g/mol. The smallest absolute Gasteiger partial charge is 0.136 e. The predicted octanol–water partition coefficient (Wildman–Crippen LogP) is 1.83. The van der Waals surface area contributed by atoms with E-state index in [0.717, 1.165) is 11.4 Å². The molecule has 1 atom stereocenters. The van der Waals surface area contributed by atoms with E-state index in [9.17, 15) is 10.2 Å². The predicted molar refractivity (Wildman–Crippen MR) is 95.1 cm³/mol. The molecule has 0 aliphatic heterocycles. The SMILES string of the molecule is CC(O)C(CCO)(Nc1ccc(N)cc1)Nc1ccc(N)cc1. The Morgan fingerprint density at radius 2 is 1.30 bits per heavy atom. The van der Waals surface area contributed by atoms with E-state index in [1.807, 2.05) is 24.3 Å². The minimum Gasteiger partial charge on any atom is -0.399 e. The Balaban J connectivity index is 2.30. The van der Waals surface area contributed by atoms with Gasteiger partial charge in [-0.25, -0.2) is 0 Å². The molecule has 0 saturated carbocycles. The van der Waals surface area contributed by atoms with Gasteiger partial charge in [-0.3, -0.25) is 0 Å². The molecule has 0 heterocycles. The van der Waals surface area contributed by atoms with E-state index in [1.165, 1.54) is 0 Å². The van der Waals surface area contributed by atoms with Crippen LogP contribution in [0.15, 0.2) is 48.5 Å². The zero-order chi connectivity index (χ0) is 16.9. The highest BCUT2D eigenvalue weighted by Gasteiger charge is 2.35. The molecule has 6 nitrogen and oxygen atoms in total. The van der Waals surface area contributed by atoms with Crippen molar-refractivity contribution in [1.82, 2.24) is 0 Å². The van der Waals surface area contributed by atoms with Crippen molar-refractivity contribution in [3.63, 3.8) is 0 Å². The number of aliphatic hydroxyl groups excluding tert-OH is 2. The van der Waals surface area contributed by atoms with Crippen LogP contribution in [0.2, 0.25) is 0 Å². The Morgan fingerprint density at radius 3 is 1.61 bits per heavy atom. The van der Waals surface area contributed by atoms with E-state index in [1.54, 1.807) is 31.2 Å². The molecule has 124 valence electrons. The van der Waals surface area contributed by atoms with Gasteiger partial charge in [-0.05, 0) is 55.5 Å². The van der Waals surface area contributed by atoms with Crippen molar-refractivity contribution >= 4 is 22.7 Å². The quantitative estimate of drug-likeness (QED) is 0.343. The Labute approximate surface area is 136 Å². The molecule has 2 rings (SSSR count). The summed E-state index contributed by atoms with van der Waals surface area (Å²) in [5.41, 5.74) is 13.4. The molecule has 0 aliphatic rings. The van der Waals surface area contributed by atoms with Gasteiger partial charge in [0.15, 0.2) is 0 Å². The van der Waals surface area contributed by atoms with Gasteiger partial charge >= 0.3 is 0 Å². The summed E-state index contributed by atoms with van der Waals surface area (Å²) in [7, 11) is 0. The van der Waals surface area contributed by atoms with Gasteiger partial charge < -0.3 is 32.3 Å². The number of rotatable bonds is 7. The van der Waals surface area contributed by atoms with E-state index in [2.05, 4.69) is 10.6 Å². The molecule has 2 aromatic carbocycles. The van der Waals surface area contributed by atoms with Gasteiger partial charge in [0, 0.05) is 35.8 Å². The van der Waals surface area contributed by atoms with Crippen LogP contribution in [0.3, 0.4) is 0 Å². The highest BCUT2D eigenvalue weighted by Crippen LogP contribution is 2.26. The van der Waals surface area contributed by atoms with Crippen molar-refractivity contribution in [2.24, 2.45) is 0 Å². The number of nitrogens with two attached hydrogens (primary N) is 2. The number of benzene rings is 2. The first-order valence-electron chi connectivity index (χ1n) is 7.51. The molecule has 0 saturated heterocycles. The lowest BCUT2D eigenvalue weighted by molar-refractivity contribution is 0.108. The second-order valence-electron chi connectivity index (χ2n) is 5.61. The molecule has 23 heavy (non-hydrogen) atoms. The summed E-state index contributed by atoms with van der Waals surface area (Å²) < 4.78 is 0. The fourth-order valence-electron chi connectivity index (χ4n) is 2.40. The molecule has 0 radical (unpaired) electrons. The molecule has 1 unspecified atom stereocenters. The fraction of sp³-hybridized carbons (Fsp3) is 0.294. The van der Waals surface area contributed by atoms with Crippen LogP contribution in [-0.4, -0.2) is 28.6 Å². The Hall–Kier alpha value is -2.44. The van der Waals surface area contributed by atoms with Crippen LogP contribution in [-0.2, 0) is 0 Å². The zero-order valence-corrected chi connectivity index (χ0v) is 13.2. The number of aliphatic hydroxyl groups is 2. The number of nitrogens with one attached hydrogen (secondary N) is 2. The third kappa shape index (κ3) is 4.28. The monoisotopic (exact) mass is 316 g/mol. The maximum atomic E-state index is 10.3. The number of anilines is 4. The summed E-state index contributed by atoms with van der Waals surface area (Å²) in [5, 5.41) is 26.4. The normalized spacial score (nSPS) is 12.7. The van der Waals surface area contributed by atoms with Crippen LogP contribution in [0, 0.1) is 0 Å². The molecule has 0 amide bonds. The molecule has 0 fully saturated rings. The second-order valence-corrected chi connectivity index (χ2v) is 5.61. The maximum Gasteiger partial charge on any atom is 0.136 e. The third-order valence-electron chi connectivity index (χ3n) is 3.78. The first-order chi connectivity index (χ1) is 10.9. The molecular formula is C17H24N4O2. The summed E-state index contributed by atoms with van der Waals surface area (Å²) in [6.07, 6.45) is -0.468. The largest absolute Gasteiger partial charge is 0.399 e. The molecule has 0 aliphatic carbocycles. The summed E-state index contributed by atoms with van der Waals surface area (Å²) in [5.74, 6) is 0. The topological polar surface area (TPSA) is 117 Å². The van der Waals surface area contributed by atoms with Gasteiger partial charge in [-0.1, -0.05) is 0 Å². The summed E-state index contributed by atoms with van der Waals surface area (Å²) in [6.45, 7) is 1.58. The molecule has 0 spiro atoms. The van der Waals surface area contributed by atoms with Crippen LogP contribution in [0.4, 0.5) is 22.7 Å². The minimum atomic E-state index is -0.930. The van der Waals surface area contributed by atoms with Gasteiger partial charge in [0.2, 0.25) is 0 Å².